The number of rotatable bonds is 7. The summed E-state index contributed by atoms with van der Waals surface area (Å²) >= 11 is 0. The maximum absolute atomic E-state index is 12.0. The molecule has 0 aliphatic heterocycles. The molecule has 1 aromatic rings. The second-order valence-electron chi connectivity index (χ2n) is 4.86. The Morgan fingerprint density at radius 3 is 2.45 bits per heavy atom. The Bertz CT molecular complexity index is 466. The van der Waals surface area contributed by atoms with Crippen LogP contribution in [0.15, 0.2) is 36.4 Å². The molecule has 0 bridgehead atoms. The quantitative estimate of drug-likeness (QED) is 0.832. The average Bonchev–Trinajstić information content (AvgIpc) is 2.41. The summed E-state index contributed by atoms with van der Waals surface area (Å²) in [6.45, 7) is 3.40. The van der Waals surface area contributed by atoms with Gasteiger partial charge in [-0.15, -0.1) is 0 Å². The molecule has 1 N–H and O–H groups in total. The number of amides is 1. The van der Waals surface area contributed by atoms with E-state index in [1.165, 1.54) is 4.90 Å². The maximum atomic E-state index is 12.0. The number of allylic oxidation sites excluding steroid dienone is 1. The molecule has 0 atom stereocenters. The summed E-state index contributed by atoms with van der Waals surface area (Å²) in [4.78, 5) is 24.1. The molecule has 0 aliphatic rings. The van der Waals surface area contributed by atoms with E-state index in [2.05, 4.69) is 0 Å². The Hall–Kier alpha value is -2.10. The van der Waals surface area contributed by atoms with Crippen LogP contribution >= 0.6 is 0 Å². The minimum absolute atomic E-state index is 0.100. The van der Waals surface area contributed by atoms with E-state index < -0.39 is 5.97 Å². The zero-order valence-corrected chi connectivity index (χ0v) is 12.0. The first kappa shape index (κ1) is 16.0. The summed E-state index contributed by atoms with van der Waals surface area (Å²) in [6, 6.07) is 9.74. The van der Waals surface area contributed by atoms with Crippen molar-refractivity contribution < 1.29 is 14.7 Å². The highest BCUT2D eigenvalue weighted by Crippen LogP contribution is 2.06. The maximum Gasteiger partial charge on any atom is 0.323 e. The number of carboxylic acid groups (broad SMARTS) is 1. The topological polar surface area (TPSA) is 57.6 Å². The van der Waals surface area contributed by atoms with Crippen LogP contribution < -0.4 is 0 Å². The highest BCUT2D eigenvalue weighted by molar-refractivity contribution is 5.81. The molecule has 0 fully saturated rings. The van der Waals surface area contributed by atoms with Crippen molar-refractivity contribution in [3.63, 3.8) is 0 Å². The van der Waals surface area contributed by atoms with E-state index in [1.54, 1.807) is 0 Å². The number of nitrogens with zero attached hydrogens (tertiary/aromatic N) is 1. The first-order valence-electron chi connectivity index (χ1n) is 6.73. The standard InChI is InChI=1S/C16H21NO3/c1-13(2)17(12-16(19)20)15(18)11-7-6-10-14-8-4-3-5-9-14/h3-6,8-10,13H,7,11-12H2,1-2H3,(H,19,20)/b10-6+. The van der Waals surface area contributed by atoms with Crippen molar-refractivity contribution in [2.24, 2.45) is 0 Å². The number of benzene rings is 1. The third kappa shape index (κ3) is 5.69. The summed E-state index contributed by atoms with van der Waals surface area (Å²) in [5.41, 5.74) is 1.09. The summed E-state index contributed by atoms with van der Waals surface area (Å²) in [5, 5.41) is 8.79. The van der Waals surface area contributed by atoms with Crippen LogP contribution in [0.2, 0.25) is 0 Å². The lowest BCUT2D eigenvalue weighted by Gasteiger charge is -2.24. The molecule has 1 aromatic carbocycles. The second-order valence-corrected chi connectivity index (χ2v) is 4.86. The van der Waals surface area contributed by atoms with Crippen LogP contribution in [0.5, 0.6) is 0 Å². The molecule has 0 aromatic heterocycles. The Labute approximate surface area is 119 Å². The molecule has 0 spiro atoms. The Morgan fingerprint density at radius 2 is 1.90 bits per heavy atom. The molecule has 1 rings (SSSR count). The molecular weight excluding hydrogens is 254 g/mol. The fourth-order valence-corrected chi connectivity index (χ4v) is 1.84. The van der Waals surface area contributed by atoms with E-state index in [9.17, 15) is 9.59 Å². The molecule has 1 amide bonds. The van der Waals surface area contributed by atoms with Crippen LogP contribution in [0.3, 0.4) is 0 Å². The van der Waals surface area contributed by atoms with E-state index in [-0.39, 0.29) is 18.5 Å². The van der Waals surface area contributed by atoms with Gasteiger partial charge in [-0.3, -0.25) is 9.59 Å². The van der Waals surface area contributed by atoms with Gasteiger partial charge in [0.25, 0.3) is 0 Å². The molecule has 20 heavy (non-hydrogen) atoms. The normalized spacial score (nSPS) is 10.9. The van der Waals surface area contributed by atoms with Crippen molar-refractivity contribution in [2.75, 3.05) is 6.54 Å². The van der Waals surface area contributed by atoms with Gasteiger partial charge in [0.05, 0.1) is 0 Å². The largest absolute Gasteiger partial charge is 0.480 e. The van der Waals surface area contributed by atoms with Crippen LogP contribution in [0.25, 0.3) is 6.08 Å². The molecule has 108 valence electrons. The highest BCUT2D eigenvalue weighted by atomic mass is 16.4. The van der Waals surface area contributed by atoms with Gasteiger partial charge in [0.15, 0.2) is 0 Å². The van der Waals surface area contributed by atoms with Crippen molar-refractivity contribution in [2.45, 2.75) is 32.7 Å². The minimum Gasteiger partial charge on any atom is -0.480 e. The number of carboxylic acids is 1. The van der Waals surface area contributed by atoms with Crippen LogP contribution in [0.1, 0.15) is 32.3 Å². The molecule has 4 nitrogen and oxygen atoms in total. The zero-order valence-electron chi connectivity index (χ0n) is 12.0. The second kappa shape index (κ2) is 8.15. The fourth-order valence-electron chi connectivity index (χ4n) is 1.84. The van der Waals surface area contributed by atoms with Gasteiger partial charge in [-0.2, -0.15) is 0 Å². The Balaban J connectivity index is 2.45. The van der Waals surface area contributed by atoms with E-state index in [0.29, 0.717) is 12.8 Å². The Morgan fingerprint density at radius 1 is 1.25 bits per heavy atom. The Kier molecular flexibility index (Phi) is 6.50. The fraction of sp³-hybridized carbons (Fsp3) is 0.375. The highest BCUT2D eigenvalue weighted by Gasteiger charge is 2.18. The van der Waals surface area contributed by atoms with Gasteiger partial charge in [0.2, 0.25) is 5.91 Å². The van der Waals surface area contributed by atoms with Crippen LogP contribution in [0, 0.1) is 0 Å². The van der Waals surface area contributed by atoms with Crippen LogP contribution in [-0.2, 0) is 9.59 Å². The van der Waals surface area contributed by atoms with Gasteiger partial charge < -0.3 is 10.0 Å². The van der Waals surface area contributed by atoms with E-state index in [1.807, 2.05) is 56.3 Å². The molecule has 0 unspecified atom stereocenters. The minimum atomic E-state index is -0.980. The summed E-state index contributed by atoms with van der Waals surface area (Å²) in [5.74, 6) is -1.10. The number of hydrogen-bond acceptors (Lipinski definition) is 2. The third-order valence-electron chi connectivity index (χ3n) is 2.88. The lowest BCUT2D eigenvalue weighted by atomic mass is 10.1. The monoisotopic (exact) mass is 275 g/mol. The predicted octanol–water partition coefficient (Wildman–Crippen LogP) is 2.80. The number of carbonyl (C=O) groups is 2. The van der Waals surface area contributed by atoms with Gasteiger partial charge in [0, 0.05) is 12.5 Å². The lowest BCUT2D eigenvalue weighted by molar-refractivity contribution is -0.145. The molecule has 0 radical (unpaired) electrons. The van der Waals surface area contributed by atoms with Crippen LogP contribution in [-0.4, -0.2) is 34.5 Å². The molecule has 0 aliphatic carbocycles. The summed E-state index contributed by atoms with van der Waals surface area (Å²) in [6.07, 6.45) is 4.84. The molecule has 0 heterocycles. The smallest absolute Gasteiger partial charge is 0.323 e. The van der Waals surface area contributed by atoms with Crippen molar-refractivity contribution in [3.8, 4) is 0 Å². The number of carbonyl (C=O) groups excluding carboxylic acids is 1. The zero-order chi connectivity index (χ0) is 15.0. The van der Waals surface area contributed by atoms with Gasteiger partial charge in [0.1, 0.15) is 6.54 Å². The summed E-state index contributed by atoms with van der Waals surface area (Å²) < 4.78 is 0. The summed E-state index contributed by atoms with van der Waals surface area (Å²) in [7, 11) is 0. The van der Waals surface area contributed by atoms with Gasteiger partial charge >= 0.3 is 5.97 Å². The number of aliphatic carboxylic acids is 1. The van der Waals surface area contributed by atoms with Crippen molar-refractivity contribution >= 4 is 18.0 Å². The molecule has 0 saturated carbocycles. The lowest BCUT2D eigenvalue weighted by Crippen LogP contribution is -2.40. The third-order valence-corrected chi connectivity index (χ3v) is 2.88. The van der Waals surface area contributed by atoms with E-state index in [4.69, 9.17) is 5.11 Å². The SMILES string of the molecule is CC(C)N(CC(=O)O)C(=O)CC/C=C/c1ccccc1. The van der Waals surface area contributed by atoms with Crippen molar-refractivity contribution in [3.05, 3.63) is 42.0 Å². The predicted molar refractivity (Wildman–Crippen MR) is 79.2 cm³/mol. The van der Waals surface area contributed by atoms with E-state index >= 15 is 0 Å². The van der Waals surface area contributed by atoms with Gasteiger partial charge in [-0.05, 0) is 25.8 Å². The molecule has 4 heteroatoms. The first-order valence-corrected chi connectivity index (χ1v) is 6.73. The molecule has 0 saturated heterocycles. The molecular formula is C16H21NO3. The first-order chi connectivity index (χ1) is 9.50. The van der Waals surface area contributed by atoms with Crippen molar-refractivity contribution in [1.29, 1.82) is 0 Å². The van der Waals surface area contributed by atoms with Crippen LogP contribution in [0.4, 0.5) is 0 Å². The average molecular weight is 275 g/mol. The van der Waals surface area contributed by atoms with E-state index in [0.717, 1.165) is 5.56 Å². The van der Waals surface area contributed by atoms with Gasteiger partial charge in [-0.1, -0.05) is 42.5 Å². The van der Waals surface area contributed by atoms with Crippen molar-refractivity contribution in [1.82, 2.24) is 4.90 Å². The number of hydrogen-bond donors (Lipinski definition) is 1. The van der Waals surface area contributed by atoms with Gasteiger partial charge in [-0.25, -0.2) is 0 Å².